The van der Waals surface area contributed by atoms with Crippen LogP contribution in [0, 0.1) is 24.0 Å². The van der Waals surface area contributed by atoms with E-state index in [0.29, 0.717) is 11.5 Å². The second-order valence-electron chi connectivity index (χ2n) is 5.17. The molecule has 120 valence electrons. The average molecular weight is 315 g/mol. The first-order chi connectivity index (χ1) is 10.8. The number of nitrogens with one attached hydrogen (secondary N) is 2. The van der Waals surface area contributed by atoms with Gasteiger partial charge in [-0.25, -0.2) is 0 Å². The highest BCUT2D eigenvalue weighted by Crippen LogP contribution is 2.31. The summed E-state index contributed by atoms with van der Waals surface area (Å²) < 4.78 is 5.75. The van der Waals surface area contributed by atoms with Gasteiger partial charge in [0.2, 0.25) is 5.91 Å². The number of hydrogen-bond acceptors (Lipinski definition) is 5. The molecule has 7 nitrogen and oxygen atoms in total. The van der Waals surface area contributed by atoms with Crippen molar-refractivity contribution in [2.24, 2.45) is 0 Å². The Labute approximate surface area is 133 Å². The Hall–Kier alpha value is -3.09. The van der Waals surface area contributed by atoms with Crippen LogP contribution in [0.5, 0.6) is 11.5 Å². The van der Waals surface area contributed by atoms with Crippen molar-refractivity contribution >= 4 is 17.3 Å². The molecular formula is C16H17N3O4. The van der Waals surface area contributed by atoms with Crippen LogP contribution in [-0.4, -0.2) is 10.8 Å². The lowest BCUT2D eigenvalue weighted by Gasteiger charge is -2.11. The summed E-state index contributed by atoms with van der Waals surface area (Å²) in [5.74, 6) is 0.704. The summed E-state index contributed by atoms with van der Waals surface area (Å²) in [6.07, 6.45) is 0. The van der Waals surface area contributed by atoms with E-state index in [9.17, 15) is 14.9 Å². The molecule has 0 heterocycles. The fourth-order valence-corrected chi connectivity index (χ4v) is 2.12. The van der Waals surface area contributed by atoms with Crippen molar-refractivity contribution in [1.82, 2.24) is 5.43 Å². The zero-order chi connectivity index (χ0) is 17.0. The summed E-state index contributed by atoms with van der Waals surface area (Å²) in [7, 11) is 0. The maximum absolute atomic E-state index is 11.0. The molecule has 0 aromatic heterocycles. The highest BCUT2D eigenvalue weighted by atomic mass is 16.6. The Balaban J connectivity index is 2.30. The van der Waals surface area contributed by atoms with E-state index >= 15 is 0 Å². The molecule has 0 aliphatic carbocycles. The van der Waals surface area contributed by atoms with Crippen molar-refractivity contribution in [3.05, 3.63) is 57.6 Å². The lowest BCUT2D eigenvalue weighted by Crippen LogP contribution is -2.26. The molecule has 23 heavy (non-hydrogen) atoms. The summed E-state index contributed by atoms with van der Waals surface area (Å²) in [6, 6.07) is 10.1. The monoisotopic (exact) mass is 315 g/mol. The van der Waals surface area contributed by atoms with Gasteiger partial charge in [0.05, 0.1) is 4.92 Å². The average Bonchev–Trinajstić information content (AvgIpc) is 2.43. The van der Waals surface area contributed by atoms with E-state index in [1.165, 1.54) is 25.1 Å². The molecule has 0 atom stereocenters. The molecule has 0 aliphatic heterocycles. The Morgan fingerprint density at radius 2 is 1.74 bits per heavy atom. The number of carbonyl (C=O) groups is 1. The fraction of sp³-hybridized carbons (Fsp3) is 0.188. The predicted octanol–water partition coefficient (Wildman–Crippen LogP) is 3.47. The van der Waals surface area contributed by atoms with Gasteiger partial charge in [0.1, 0.15) is 17.2 Å². The van der Waals surface area contributed by atoms with E-state index in [2.05, 4.69) is 10.9 Å². The van der Waals surface area contributed by atoms with E-state index in [1.54, 1.807) is 0 Å². The smallest absolute Gasteiger partial charge is 0.294 e. The first-order valence-electron chi connectivity index (χ1n) is 6.92. The summed E-state index contributed by atoms with van der Waals surface area (Å²) in [5.41, 5.74) is 6.93. The Bertz CT molecular complexity index is 739. The second kappa shape index (κ2) is 6.78. The van der Waals surface area contributed by atoms with Gasteiger partial charge in [-0.1, -0.05) is 6.07 Å². The van der Waals surface area contributed by atoms with Gasteiger partial charge in [-0.15, -0.1) is 0 Å². The summed E-state index contributed by atoms with van der Waals surface area (Å²) in [6.45, 7) is 5.22. The van der Waals surface area contributed by atoms with Crippen molar-refractivity contribution < 1.29 is 14.5 Å². The minimum atomic E-state index is -0.537. The number of hydrogen-bond donors (Lipinski definition) is 2. The lowest BCUT2D eigenvalue weighted by atomic mass is 10.1. The molecule has 0 saturated heterocycles. The Morgan fingerprint density at radius 3 is 2.30 bits per heavy atom. The van der Waals surface area contributed by atoms with Crippen LogP contribution in [0.1, 0.15) is 18.1 Å². The van der Waals surface area contributed by atoms with Gasteiger partial charge < -0.3 is 4.74 Å². The van der Waals surface area contributed by atoms with Crippen molar-refractivity contribution in [2.75, 3.05) is 5.43 Å². The zero-order valence-electron chi connectivity index (χ0n) is 13.0. The molecule has 1 amide bonds. The number of nitro benzene ring substituents is 1. The largest absolute Gasteiger partial charge is 0.457 e. The number of anilines is 1. The van der Waals surface area contributed by atoms with Gasteiger partial charge in [0, 0.05) is 19.1 Å². The SMILES string of the molecule is CC(=O)NNc1cc(Oc2cc(C)cc(C)c2)ccc1[N+](=O)[O-]. The third kappa shape index (κ3) is 4.44. The molecule has 2 aromatic rings. The van der Waals surface area contributed by atoms with Crippen molar-refractivity contribution in [3.63, 3.8) is 0 Å². The normalized spacial score (nSPS) is 10.0. The number of carbonyl (C=O) groups excluding carboxylic acids is 1. The quantitative estimate of drug-likeness (QED) is 0.651. The molecule has 0 saturated carbocycles. The molecule has 2 aromatic carbocycles. The molecular weight excluding hydrogens is 298 g/mol. The van der Waals surface area contributed by atoms with Gasteiger partial charge in [0.25, 0.3) is 5.69 Å². The molecule has 0 unspecified atom stereocenters. The molecule has 0 spiro atoms. The van der Waals surface area contributed by atoms with Crippen LogP contribution in [0.2, 0.25) is 0 Å². The summed E-state index contributed by atoms with van der Waals surface area (Å²) >= 11 is 0. The van der Waals surface area contributed by atoms with Gasteiger partial charge in [-0.2, -0.15) is 0 Å². The Kier molecular flexibility index (Phi) is 4.80. The zero-order valence-corrected chi connectivity index (χ0v) is 13.0. The third-order valence-corrected chi connectivity index (χ3v) is 2.97. The standard InChI is InChI=1S/C16H17N3O4/c1-10-6-11(2)8-14(7-10)23-13-4-5-16(19(21)22)15(9-13)18-17-12(3)20/h4-9,18H,1-3H3,(H,17,20). The van der Waals surface area contributed by atoms with E-state index in [-0.39, 0.29) is 17.3 Å². The number of ether oxygens (including phenoxy) is 1. The molecule has 2 rings (SSSR count). The first kappa shape index (κ1) is 16.3. The number of aryl methyl sites for hydroxylation is 2. The van der Waals surface area contributed by atoms with Crippen LogP contribution in [0.15, 0.2) is 36.4 Å². The van der Waals surface area contributed by atoms with Gasteiger partial charge >= 0.3 is 0 Å². The highest BCUT2D eigenvalue weighted by Gasteiger charge is 2.15. The van der Waals surface area contributed by atoms with E-state index in [0.717, 1.165) is 11.1 Å². The van der Waals surface area contributed by atoms with E-state index < -0.39 is 4.92 Å². The minimum absolute atomic E-state index is 0.145. The number of nitrogens with zero attached hydrogens (tertiary/aromatic N) is 1. The van der Waals surface area contributed by atoms with E-state index in [4.69, 9.17) is 4.74 Å². The van der Waals surface area contributed by atoms with Crippen LogP contribution in [0.4, 0.5) is 11.4 Å². The number of benzene rings is 2. The van der Waals surface area contributed by atoms with Gasteiger partial charge in [-0.3, -0.25) is 25.8 Å². The maximum atomic E-state index is 11.0. The number of amides is 1. The molecule has 0 aliphatic rings. The molecule has 0 radical (unpaired) electrons. The van der Waals surface area contributed by atoms with Gasteiger partial charge in [-0.05, 0) is 43.2 Å². The van der Waals surface area contributed by atoms with Crippen molar-refractivity contribution in [3.8, 4) is 11.5 Å². The second-order valence-corrected chi connectivity index (χ2v) is 5.17. The van der Waals surface area contributed by atoms with Crippen LogP contribution in [0.25, 0.3) is 0 Å². The van der Waals surface area contributed by atoms with E-state index in [1.807, 2.05) is 32.0 Å². The van der Waals surface area contributed by atoms with Crippen LogP contribution in [0.3, 0.4) is 0 Å². The molecule has 0 fully saturated rings. The fourth-order valence-electron chi connectivity index (χ4n) is 2.12. The summed E-state index contributed by atoms with van der Waals surface area (Å²) in [4.78, 5) is 21.5. The third-order valence-electron chi connectivity index (χ3n) is 2.97. The minimum Gasteiger partial charge on any atom is -0.457 e. The topological polar surface area (TPSA) is 93.5 Å². The summed E-state index contributed by atoms with van der Waals surface area (Å²) in [5, 5.41) is 11.0. The van der Waals surface area contributed by atoms with Gasteiger partial charge in [0.15, 0.2) is 0 Å². The maximum Gasteiger partial charge on any atom is 0.294 e. The lowest BCUT2D eigenvalue weighted by molar-refractivity contribution is -0.384. The van der Waals surface area contributed by atoms with Crippen LogP contribution in [-0.2, 0) is 4.79 Å². The van der Waals surface area contributed by atoms with Crippen molar-refractivity contribution in [2.45, 2.75) is 20.8 Å². The highest BCUT2D eigenvalue weighted by molar-refractivity contribution is 5.76. The molecule has 7 heteroatoms. The number of nitro groups is 1. The van der Waals surface area contributed by atoms with Crippen LogP contribution < -0.4 is 15.6 Å². The molecule has 2 N–H and O–H groups in total. The number of hydrazine groups is 1. The first-order valence-corrected chi connectivity index (χ1v) is 6.92. The predicted molar refractivity (Wildman–Crippen MR) is 86.5 cm³/mol. The number of rotatable bonds is 5. The van der Waals surface area contributed by atoms with Crippen molar-refractivity contribution in [1.29, 1.82) is 0 Å². The van der Waals surface area contributed by atoms with Crippen LogP contribution >= 0.6 is 0 Å². The Morgan fingerprint density at radius 1 is 1.09 bits per heavy atom. The molecule has 0 bridgehead atoms.